The van der Waals surface area contributed by atoms with E-state index in [-0.39, 0.29) is 0 Å². The van der Waals surface area contributed by atoms with Crippen molar-refractivity contribution in [3.63, 3.8) is 0 Å². The number of nitrogens with zero attached hydrogens (tertiary/aromatic N) is 1. The third-order valence-corrected chi connectivity index (χ3v) is 3.36. The minimum absolute atomic E-state index is 1.21. The molecule has 0 aromatic heterocycles. The summed E-state index contributed by atoms with van der Waals surface area (Å²) in [6.45, 7) is 8.31. The number of halogens is 1. The van der Waals surface area contributed by atoms with E-state index in [4.69, 9.17) is 0 Å². The van der Waals surface area contributed by atoms with Crippen molar-refractivity contribution in [1.29, 1.82) is 0 Å². The van der Waals surface area contributed by atoms with Gasteiger partial charge in [0.1, 0.15) is 0 Å². The highest BCUT2D eigenvalue weighted by atomic mass is 127. The van der Waals surface area contributed by atoms with Crippen molar-refractivity contribution in [3.05, 3.63) is 11.1 Å². The van der Waals surface area contributed by atoms with Gasteiger partial charge in [-0.25, -0.2) is 0 Å². The fourth-order valence-corrected chi connectivity index (χ4v) is 1.90. The Kier molecular flexibility index (Phi) is 4.57. The van der Waals surface area contributed by atoms with Crippen LogP contribution in [0.1, 0.15) is 26.7 Å². The summed E-state index contributed by atoms with van der Waals surface area (Å²) < 4.78 is 1.29. The molecule has 0 amide bonds. The van der Waals surface area contributed by atoms with Crippen molar-refractivity contribution in [2.75, 3.05) is 24.1 Å². The maximum atomic E-state index is 2.57. The van der Waals surface area contributed by atoms with Crippen molar-refractivity contribution >= 4 is 22.6 Å². The summed E-state index contributed by atoms with van der Waals surface area (Å²) in [6.07, 6.45) is 2.62. The molecule has 1 nitrogen and oxygen atoms in total. The molecule has 12 heavy (non-hydrogen) atoms. The molecule has 0 radical (unpaired) electrons. The van der Waals surface area contributed by atoms with Gasteiger partial charge in [-0.05, 0) is 33.2 Å². The molecule has 1 aliphatic rings. The number of rotatable bonds is 3. The smallest absolute Gasteiger partial charge is 0.0192 e. The molecule has 0 spiro atoms. The summed E-state index contributed by atoms with van der Waals surface area (Å²) in [4.78, 5) is 2.57. The minimum Gasteiger partial charge on any atom is -0.299 e. The van der Waals surface area contributed by atoms with E-state index in [0.29, 0.717) is 0 Å². The first kappa shape index (κ1) is 10.5. The van der Waals surface area contributed by atoms with Gasteiger partial charge in [-0.2, -0.15) is 0 Å². The van der Waals surface area contributed by atoms with Crippen molar-refractivity contribution in [3.8, 4) is 0 Å². The Morgan fingerprint density at radius 3 is 2.67 bits per heavy atom. The monoisotopic (exact) mass is 279 g/mol. The van der Waals surface area contributed by atoms with Gasteiger partial charge in [-0.3, -0.25) is 4.90 Å². The second-order valence-electron chi connectivity index (χ2n) is 3.63. The standard InChI is InChI=1S/C10H18IN/c1-9-4-7-12(6-3-5-11)8-10(9)2/h3-8H2,1-2H3. The average Bonchev–Trinajstić information content (AvgIpc) is 2.07. The van der Waals surface area contributed by atoms with Crippen LogP contribution in [0.15, 0.2) is 11.1 Å². The van der Waals surface area contributed by atoms with Crippen molar-refractivity contribution < 1.29 is 0 Å². The summed E-state index contributed by atoms with van der Waals surface area (Å²) in [7, 11) is 0. The molecule has 0 aromatic rings. The Morgan fingerprint density at radius 1 is 1.33 bits per heavy atom. The highest BCUT2D eigenvalue weighted by Crippen LogP contribution is 2.16. The lowest BCUT2D eigenvalue weighted by Gasteiger charge is -2.28. The molecular weight excluding hydrogens is 261 g/mol. The molecule has 0 atom stereocenters. The van der Waals surface area contributed by atoms with Gasteiger partial charge in [0, 0.05) is 17.5 Å². The van der Waals surface area contributed by atoms with E-state index in [1.807, 2.05) is 0 Å². The molecule has 0 fully saturated rings. The summed E-state index contributed by atoms with van der Waals surface area (Å²) in [5.74, 6) is 0. The van der Waals surface area contributed by atoms with E-state index in [1.165, 1.54) is 36.9 Å². The predicted octanol–water partition coefficient (Wildman–Crippen LogP) is 2.85. The normalized spacial score (nSPS) is 20.2. The van der Waals surface area contributed by atoms with E-state index in [2.05, 4.69) is 41.3 Å². The second kappa shape index (κ2) is 5.22. The maximum absolute atomic E-state index is 2.57. The zero-order valence-corrected chi connectivity index (χ0v) is 10.2. The molecule has 0 N–H and O–H groups in total. The van der Waals surface area contributed by atoms with Crippen LogP contribution in [0.2, 0.25) is 0 Å². The SMILES string of the molecule is CC1=C(C)CN(CCCI)CC1. The highest BCUT2D eigenvalue weighted by molar-refractivity contribution is 14.1. The lowest BCUT2D eigenvalue weighted by atomic mass is 10.0. The van der Waals surface area contributed by atoms with Gasteiger partial charge >= 0.3 is 0 Å². The Morgan fingerprint density at radius 2 is 2.08 bits per heavy atom. The van der Waals surface area contributed by atoms with E-state index in [0.717, 1.165) is 0 Å². The molecule has 1 rings (SSSR count). The third kappa shape index (κ3) is 3.05. The molecule has 0 aromatic carbocycles. The lowest BCUT2D eigenvalue weighted by molar-refractivity contribution is 0.287. The Labute approximate surface area is 89.3 Å². The minimum atomic E-state index is 1.21. The largest absolute Gasteiger partial charge is 0.299 e. The number of hydrogen-bond donors (Lipinski definition) is 0. The van der Waals surface area contributed by atoms with E-state index >= 15 is 0 Å². The summed E-state index contributed by atoms with van der Waals surface area (Å²) in [5.41, 5.74) is 3.20. The first-order chi connectivity index (χ1) is 5.74. The first-order valence-corrected chi connectivity index (χ1v) is 6.20. The predicted molar refractivity (Wildman–Crippen MR) is 62.9 cm³/mol. The zero-order chi connectivity index (χ0) is 8.97. The van der Waals surface area contributed by atoms with Crippen molar-refractivity contribution in [1.82, 2.24) is 4.90 Å². The van der Waals surface area contributed by atoms with Gasteiger partial charge < -0.3 is 0 Å². The first-order valence-electron chi connectivity index (χ1n) is 4.67. The molecular formula is C10H18IN. The lowest BCUT2D eigenvalue weighted by Crippen LogP contribution is -2.31. The molecule has 0 aliphatic carbocycles. The van der Waals surface area contributed by atoms with Gasteiger partial charge in [0.05, 0.1) is 0 Å². The zero-order valence-electron chi connectivity index (χ0n) is 8.07. The van der Waals surface area contributed by atoms with E-state index < -0.39 is 0 Å². The van der Waals surface area contributed by atoms with Crippen LogP contribution >= 0.6 is 22.6 Å². The van der Waals surface area contributed by atoms with Crippen molar-refractivity contribution in [2.45, 2.75) is 26.7 Å². The molecule has 0 bridgehead atoms. The van der Waals surface area contributed by atoms with Crippen LogP contribution in [0.4, 0.5) is 0 Å². The van der Waals surface area contributed by atoms with Gasteiger partial charge in [0.25, 0.3) is 0 Å². The molecule has 1 heterocycles. The summed E-state index contributed by atoms with van der Waals surface area (Å²) in [6, 6.07) is 0. The molecule has 1 aliphatic heterocycles. The third-order valence-electron chi connectivity index (χ3n) is 2.60. The van der Waals surface area contributed by atoms with Gasteiger partial charge in [0.2, 0.25) is 0 Å². The quantitative estimate of drug-likeness (QED) is 0.436. The molecule has 0 saturated carbocycles. The Bertz CT molecular complexity index is 175. The second-order valence-corrected chi connectivity index (χ2v) is 4.71. The molecule has 0 saturated heterocycles. The Hall–Kier alpha value is 0.430. The molecule has 70 valence electrons. The maximum Gasteiger partial charge on any atom is 0.0192 e. The van der Waals surface area contributed by atoms with Crippen LogP contribution in [0.5, 0.6) is 0 Å². The van der Waals surface area contributed by atoms with Gasteiger partial charge in [-0.15, -0.1) is 0 Å². The van der Waals surface area contributed by atoms with E-state index in [1.54, 1.807) is 11.1 Å². The topological polar surface area (TPSA) is 3.24 Å². The fraction of sp³-hybridized carbons (Fsp3) is 0.800. The van der Waals surface area contributed by atoms with Crippen LogP contribution in [-0.4, -0.2) is 29.0 Å². The molecule has 2 heteroatoms. The molecule has 0 unspecified atom stereocenters. The van der Waals surface area contributed by atoms with Gasteiger partial charge in [0.15, 0.2) is 0 Å². The van der Waals surface area contributed by atoms with Crippen LogP contribution < -0.4 is 0 Å². The van der Waals surface area contributed by atoms with Crippen LogP contribution in [0, 0.1) is 0 Å². The average molecular weight is 279 g/mol. The van der Waals surface area contributed by atoms with E-state index in [9.17, 15) is 0 Å². The highest BCUT2D eigenvalue weighted by Gasteiger charge is 2.12. The van der Waals surface area contributed by atoms with Crippen LogP contribution in [-0.2, 0) is 0 Å². The Balaban J connectivity index is 2.33. The number of hydrogen-bond acceptors (Lipinski definition) is 1. The summed E-state index contributed by atoms with van der Waals surface area (Å²) >= 11 is 2.45. The van der Waals surface area contributed by atoms with Crippen LogP contribution in [0.3, 0.4) is 0 Å². The van der Waals surface area contributed by atoms with Gasteiger partial charge in [-0.1, -0.05) is 33.7 Å². The van der Waals surface area contributed by atoms with Crippen LogP contribution in [0.25, 0.3) is 0 Å². The fourth-order valence-electron chi connectivity index (χ4n) is 1.56. The van der Waals surface area contributed by atoms with Crippen molar-refractivity contribution in [2.24, 2.45) is 0 Å². The summed E-state index contributed by atoms with van der Waals surface area (Å²) in [5, 5.41) is 0. The number of alkyl halides is 1.